The number of allylic oxidation sites excluding steroid dienone is 1. The minimum atomic E-state index is -0.618. The third-order valence-corrected chi connectivity index (χ3v) is 4.38. The van der Waals surface area contributed by atoms with Gasteiger partial charge in [-0.15, -0.1) is 0 Å². The van der Waals surface area contributed by atoms with E-state index in [-0.39, 0.29) is 23.7 Å². The van der Waals surface area contributed by atoms with Crippen LogP contribution in [0.4, 0.5) is 11.7 Å². The number of furan rings is 1. The van der Waals surface area contributed by atoms with Crippen molar-refractivity contribution in [1.29, 1.82) is 0 Å². The smallest absolute Gasteiger partial charge is 0.347 e. The van der Waals surface area contributed by atoms with Crippen LogP contribution in [-0.4, -0.2) is 55.2 Å². The molecule has 4 heterocycles. The lowest BCUT2D eigenvalue weighted by molar-refractivity contribution is 0.0522. The number of ether oxygens (including phenoxy) is 2. The number of morpholine rings is 1. The normalized spacial score (nSPS) is 17.4. The van der Waals surface area contributed by atoms with E-state index in [0.29, 0.717) is 38.0 Å². The maximum absolute atomic E-state index is 12.4. The third kappa shape index (κ3) is 3.19. The highest BCUT2D eigenvalue weighted by molar-refractivity contribution is 6.21. The van der Waals surface area contributed by atoms with Crippen molar-refractivity contribution in [2.45, 2.75) is 6.92 Å². The van der Waals surface area contributed by atoms with Gasteiger partial charge < -0.3 is 23.9 Å². The predicted molar refractivity (Wildman–Crippen MR) is 99.6 cm³/mol. The molecule has 0 saturated carbocycles. The van der Waals surface area contributed by atoms with Gasteiger partial charge in [0.05, 0.1) is 19.8 Å². The van der Waals surface area contributed by atoms with Gasteiger partial charge >= 0.3 is 5.97 Å². The van der Waals surface area contributed by atoms with Crippen LogP contribution in [-0.2, 0) is 9.47 Å². The number of anilines is 1. The molecule has 27 heavy (non-hydrogen) atoms. The summed E-state index contributed by atoms with van der Waals surface area (Å²) in [7, 11) is 0. The van der Waals surface area contributed by atoms with Crippen LogP contribution in [0.25, 0.3) is 11.6 Å². The fourth-order valence-electron chi connectivity index (χ4n) is 3.08. The largest absolute Gasteiger partial charge is 0.504 e. The molecular formula is C19H19N3O5. The van der Waals surface area contributed by atoms with Crippen molar-refractivity contribution in [3.05, 3.63) is 35.2 Å². The molecular weight excluding hydrogens is 350 g/mol. The summed E-state index contributed by atoms with van der Waals surface area (Å²) in [6.07, 6.45) is 4.97. The molecule has 4 rings (SSSR count). The van der Waals surface area contributed by atoms with E-state index >= 15 is 0 Å². The monoisotopic (exact) mass is 369 g/mol. The van der Waals surface area contributed by atoms with E-state index in [1.165, 1.54) is 0 Å². The van der Waals surface area contributed by atoms with Gasteiger partial charge in [-0.1, -0.05) is 0 Å². The number of hydrogen-bond acceptors (Lipinski definition) is 8. The van der Waals surface area contributed by atoms with Gasteiger partial charge in [0.25, 0.3) is 0 Å². The minimum absolute atomic E-state index is 0.0342. The summed E-state index contributed by atoms with van der Waals surface area (Å²) in [4.78, 5) is 22.7. The lowest BCUT2D eigenvalue weighted by Gasteiger charge is -2.26. The van der Waals surface area contributed by atoms with E-state index in [1.807, 2.05) is 17.0 Å². The van der Waals surface area contributed by atoms with Crippen LogP contribution in [0.15, 0.2) is 27.7 Å². The quantitative estimate of drug-likeness (QED) is 0.828. The molecule has 0 atom stereocenters. The molecule has 2 aliphatic rings. The van der Waals surface area contributed by atoms with Crippen molar-refractivity contribution < 1.29 is 23.8 Å². The van der Waals surface area contributed by atoms with Crippen molar-refractivity contribution >= 4 is 35.5 Å². The average Bonchev–Trinajstić information content (AvgIpc) is 3.25. The van der Waals surface area contributed by atoms with Crippen molar-refractivity contribution in [1.82, 2.24) is 4.98 Å². The molecule has 0 spiro atoms. The fraction of sp³-hybridized carbons (Fsp3) is 0.316. The molecule has 1 fully saturated rings. The standard InChI is InChI=1S/C19H19N3O5/c1-2-26-19(24)15-16(23)14(27-18(15)22-6-8-25-9-7-22)10-12-11-21-17-13(12)4-3-5-20-17/h3-5,10-11,23H,2,6-9H2,1H3. The minimum Gasteiger partial charge on any atom is -0.504 e. The maximum Gasteiger partial charge on any atom is 0.347 e. The summed E-state index contributed by atoms with van der Waals surface area (Å²) in [5, 5.41) is 10.7. The Kier molecular flexibility index (Phi) is 4.64. The van der Waals surface area contributed by atoms with Crippen LogP contribution in [0.2, 0.25) is 0 Å². The van der Waals surface area contributed by atoms with Crippen LogP contribution < -0.4 is 4.90 Å². The molecule has 140 valence electrons. The molecule has 0 bridgehead atoms. The first-order valence-electron chi connectivity index (χ1n) is 8.75. The van der Waals surface area contributed by atoms with Crippen LogP contribution in [0.5, 0.6) is 5.75 Å². The summed E-state index contributed by atoms with van der Waals surface area (Å²) < 4.78 is 16.4. The summed E-state index contributed by atoms with van der Waals surface area (Å²) in [6.45, 7) is 4.07. The Hall–Kier alpha value is -3.13. The van der Waals surface area contributed by atoms with Gasteiger partial charge in [-0.2, -0.15) is 0 Å². The molecule has 0 radical (unpaired) electrons. The van der Waals surface area contributed by atoms with Gasteiger partial charge in [0, 0.05) is 36.6 Å². The number of aromatic nitrogens is 1. The second-order valence-corrected chi connectivity index (χ2v) is 6.05. The summed E-state index contributed by atoms with van der Waals surface area (Å²) in [5.74, 6) is 0.217. The van der Waals surface area contributed by atoms with Gasteiger partial charge in [0.2, 0.25) is 5.88 Å². The molecule has 2 aliphatic heterocycles. The maximum atomic E-state index is 12.4. The highest BCUT2D eigenvalue weighted by Gasteiger charge is 2.30. The van der Waals surface area contributed by atoms with Gasteiger partial charge in [0.15, 0.2) is 22.9 Å². The zero-order valence-corrected chi connectivity index (χ0v) is 14.8. The van der Waals surface area contributed by atoms with Crippen LogP contribution in [0.3, 0.4) is 0 Å². The number of esters is 1. The van der Waals surface area contributed by atoms with Gasteiger partial charge in [0.1, 0.15) is 0 Å². The second kappa shape index (κ2) is 7.24. The first-order chi connectivity index (χ1) is 13.2. The molecule has 0 aliphatic carbocycles. The van der Waals surface area contributed by atoms with E-state index in [0.717, 1.165) is 11.1 Å². The Morgan fingerprint density at radius 2 is 2.22 bits per heavy atom. The van der Waals surface area contributed by atoms with Crippen molar-refractivity contribution in [2.24, 2.45) is 4.99 Å². The third-order valence-electron chi connectivity index (χ3n) is 4.38. The van der Waals surface area contributed by atoms with E-state index in [4.69, 9.17) is 13.9 Å². The summed E-state index contributed by atoms with van der Waals surface area (Å²) in [6, 6.07) is 3.70. The molecule has 0 unspecified atom stereocenters. The first kappa shape index (κ1) is 17.3. The molecule has 8 heteroatoms. The number of nitrogens with zero attached hydrogens (tertiary/aromatic N) is 3. The Balaban J connectivity index is 1.77. The van der Waals surface area contributed by atoms with Crippen LogP contribution >= 0.6 is 0 Å². The number of hydrogen-bond donors (Lipinski definition) is 1. The van der Waals surface area contributed by atoms with Crippen molar-refractivity contribution in [3.63, 3.8) is 0 Å². The van der Waals surface area contributed by atoms with Crippen LogP contribution in [0, 0.1) is 0 Å². The topological polar surface area (TPSA) is 97.4 Å². The highest BCUT2D eigenvalue weighted by Crippen LogP contribution is 2.40. The highest BCUT2D eigenvalue weighted by atomic mass is 16.5. The molecule has 2 aromatic rings. The average molecular weight is 369 g/mol. The summed E-state index contributed by atoms with van der Waals surface area (Å²) in [5.41, 5.74) is 1.61. The zero-order chi connectivity index (χ0) is 18.8. The Bertz CT molecular complexity index is 925. The number of carbonyl (C=O) groups is 1. The van der Waals surface area contributed by atoms with Gasteiger partial charge in [-0.25, -0.2) is 14.8 Å². The molecule has 0 aromatic carbocycles. The number of fused-ring (bicyclic) bond motifs is 1. The second-order valence-electron chi connectivity index (χ2n) is 6.05. The van der Waals surface area contributed by atoms with Gasteiger partial charge in [-0.05, 0) is 25.1 Å². The lowest BCUT2D eigenvalue weighted by atomic mass is 10.1. The molecule has 1 saturated heterocycles. The van der Waals surface area contributed by atoms with E-state index < -0.39 is 5.97 Å². The molecule has 2 aromatic heterocycles. The fourth-order valence-corrected chi connectivity index (χ4v) is 3.08. The number of aliphatic imine (C=N–C) groups is 1. The van der Waals surface area contributed by atoms with Crippen molar-refractivity contribution in [3.8, 4) is 5.75 Å². The van der Waals surface area contributed by atoms with E-state index in [9.17, 15) is 9.90 Å². The number of carbonyl (C=O) groups excluding carboxylic acids is 1. The number of pyridine rings is 1. The van der Waals surface area contributed by atoms with Crippen molar-refractivity contribution in [2.75, 3.05) is 37.8 Å². The summed E-state index contributed by atoms with van der Waals surface area (Å²) >= 11 is 0. The van der Waals surface area contributed by atoms with Crippen LogP contribution in [0.1, 0.15) is 28.6 Å². The van der Waals surface area contributed by atoms with E-state index in [1.54, 1.807) is 25.4 Å². The SMILES string of the molecule is CCOC(=O)c1c(N2CCOCC2)oc(C=C2C=Nc3ncccc32)c1O. The Labute approximate surface area is 155 Å². The lowest BCUT2D eigenvalue weighted by Crippen LogP contribution is -2.36. The Morgan fingerprint density at radius 1 is 1.41 bits per heavy atom. The van der Waals surface area contributed by atoms with Gasteiger partial charge in [-0.3, -0.25) is 0 Å². The van der Waals surface area contributed by atoms with E-state index in [2.05, 4.69) is 9.98 Å². The number of rotatable bonds is 4. The number of aromatic hydroxyl groups is 1. The predicted octanol–water partition coefficient (Wildman–Crippen LogP) is 2.65. The molecule has 0 amide bonds. The zero-order valence-electron chi connectivity index (χ0n) is 14.8. The first-order valence-corrected chi connectivity index (χ1v) is 8.75. The Morgan fingerprint density at radius 3 is 3.00 bits per heavy atom. The molecule has 1 N–H and O–H groups in total. The molecule has 8 nitrogen and oxygen atoms in total.